The van der Waals surface area contributed by atoms with Crippen molar-refractivity contribution in [2.24, 2.45) is 4.99 Å². The Kier molecular flexibility index (Phi) is 4.47. The molecule has 1 saturated heterocycles. The summed E-state index contributed by atoms with van der Waals surface area (Å²) in [7, 11) is 0. The van der Waals surface area contributed by atoms with Crippen LogP contribution in [0.1, 0.15) is 12.5 Å². The third kappa shape index (κ3) is 3.22. The van der Waals surface area contributed by atoms with Gasteiger partial charge in [-0.25, -0.2) is 0 Å². The van der Waals surface area contributed by atoms with E-state index in [2.05, 4.69) is 25.8 Å². The van der Waals surface area contributed by atoms with E-state index in [1.54, 1.807) is 0 Å². The minimum Gasteiger partial charge on any atom is -0.378 e. The highest BCUT2D eigenvalue weighted by molar-refractivity contribution is 9.10. The molecule has 0 aromatic heterocycles. The molecule has 1 aromatic carbocycles. The van der Waals surface area contributed by atoms with Crippen molar-refractivity contribution in [1.29, 1.82) is 0 Å². The Bertz CT molecular complexity index is 619. The lowest BCUT2D eigenvalue weighted by Crippen LogP contribution is -2.38. The van der Waals surface area contributed by atoms with E-state index in [9.17, 15) is 4.79 Å². The van der Waals surface area contributed by atoms with Crippen LogP contribution < -0.4 is 0 Å². The molecule has 0 spiro atoms. The number of allylic oxidation sites excluding steroid dienone is 1. The summed E-state index contributed by atoms with van der Waals surface area (Å²) in [5.74, 6) is -0.137. The maximum absolute atomic E-state index is 12.2. The second kappa shape index (κ2) is 6.34. The summed E-state index contributed by atoms with van der Waals surface area (Å²) in [6.07, 6.45) is 0. The van der Waals surface area contributed by atoms with Crippen LogP contribution in [0, 0.1) is 0 Å². The molecule has 110 valence electrons. The Balaban J connectivity index is 1.82. The zero-order valence-corrected chi connectivity index (χ0v) is 14.0. The average Bonchev–Trinajstić information content (AvgIpc) is 2.90. The molecule has 2 aliphatic heterocycles. The van der Waals surface area contributed by atoms with Crippen molar-refractivity contribution in [2.75, 3.05) is 26.3 Å². The first kappa shape index (κ1) is 14.8. The molecule has 0 saturated carbocycles. The number of amides is 1. The summed E-state index contributed by atoms with van der Waals surface area (Å²) in [5, 5.41) is 0.801. The molecule has 0 unspecified atom stereocenters. The standard InChI is InChI=1S/C15H15BrN2O2S/c1-10(11-2-4-12(16)5-3-11)13-14(19)17-15(21-13)18-6-8-20-9-7-18/h2-5H,6-9H2,1H3/b13-10-. The molecule has 1 fully saturated rings. The SMILES string of the molecule is C/C(=C1/SC(N2CCOCC2)=NC1=O)c1ccc(Br)cc1. The van der Waals surface area contributed by atoms with Gasteiger partial charge >= 0.3 is 0 Å². The molecule has 0 atom stereocenters. The molecule has 0 aliphatic carbocycles. The van der Waals surface area contributed by atoms with Gasteiger partial charge in [0.1, 0.15) is 0 Å². The van der Waals surface area contributed by atoms with Crippen molar-refractivity contribution in [2.45, 2.75) is 6.92 Å². The molecule has 0 radical (unpaired) electrons. The van der Waals surface area contributed by atoms with Gasteiger partial charge in [-0.15, -0.1) is 0 Å². The van der Waals surface area contributed by atoms with Gasteiger partial charge < -0.3 is 9.64 Å². The lowest BCUT2D eigenvalue weighted by atomic mass is 10.1. The number of aliphatic imine (C=N–C) groups is 1. The number of amidine groups is 1. The third-order valence-electron chi connectivity index (χ3n) is 3.48. The van der Waals surface area contributed by atoms with Crippen LogP contribution in [-0.4, -0.2) is 42.3 Å². The second-order valence-electron chi connectivity index (χ2n) is 4.86. The van der Waals surface area contributed by atoms with Crippen molar-refractivity contribution < 1.29 is 9.53 Å². The molecule has 21 heavy (non-hydrogen) atoms. The highest BCUT2D eigenvalue weighted by atomic mass is 79.9. The summed E-state index contributed by atoms with van der Waals surface area (Å²) in [4.78, 5) is 19.2. The van der Waals surface area contributed by atoms with E-state index in [4.69, 9.17) is 4.74 Å². The van der Waals surface area contributed by atoms with E-state index in [1.807, 2.05) is 31.2 Å². The number of nitrogens with zero attached hydrogens (tertiary/aromatic N) is 2. The Morgan fingerprint density at radius 2 is 1.95 bits per heavy atom. The number of benzene rings is 1. The lowest BCUT2D eigenvalue weighted by molar-refractivity contribution is -0.113. The normalized spacial score (nSPS) is 21.5. The molecule has 3 rings (SSSR count). The van der Waals surface area contributed by atoms with Crippen LogP contribution in [0.4, 0.5) is 0 Å². The van der Waals surface area contributed by atoms with Gasteiger partial charge in [-0.2, -0.15) is 4.99 Å². The maximum atomic E-state index is 12.2. The number of thioether (sulfide) groups is 1. The number of ether oxygens (including phenoxy) is 1. The van der Waals surface area contributed by atoms with Gasteiger partial charge in [0.25, 0.3) is 5.91 Å². The molecule has 1 amide bonds. The zero-order valence-electron chi connectivity index (χ0n) is 11.6. The fourth-order valence-corrected chi connectivity index (χ4v) is 3.54. The number of carbonyl (C=O) groups excluding carboxylic acids is 1. The number of hydrogen-bond acceptors (Lipinski definition) is 4. The van der Waals surface area contributed by atoms with Crippen molar-refractivity contribution >= 4 is 44.3 Å². The van der Waals surface area contributed by atoms with Crippen molar-refractivity contribution in [3.8, 4) is 0 Å². The van der Waals surface area contributed by atoms with Crippen LogP contribution in [0.15, 0.2) is 38.6 Å². The summed E-state index contributed by atoms with van der Waals surface area (Å²) >= 11 is 4.89. The van der Waals surface area contributed by atoms with Crippen molar-refractivity contribution in [3.05, 3.63) is 39.2 Å². The van der Waals surface area contributed by atoms with Crippen molar-refractivity contribution in [1.82, 2.24) is 4.90 Å². The quantitative estimate of drug-likeness (QED) is 0.716. The molecule has 0 N–H and O–H groups in total. The highest BCUT2D eigenvalue weighted by Crippen LogP contribution is 2.35. The van der Waals surface area contributed by atoms with Gasteiger partial charge in [0.05, 0.1) is 18.1 Å². The van der Waals surface area contributed by atoms with Crippen LogP contribution in [0.3, 0.4) is 0 Å². The first-order valence-corrected chi connectivity index (χ1v) is 8.36. The van der Waals surface area contributed by atoms with Crippen LogP contribution in [0.5, 0.6) is 0 Å². The number of halogens is 1. The molecule has 2 heterocycles. The lowest BCUT2D eigenvalue weighted by Gasteiger charge is -2.27. The summed E-state index contributed by atoms with van der Waals surface area (Å²) in [5.41, 5.74) is 2.02. The van der Waals surface area contributed by atoms with Gasteiger partial charge in [-0.3, -0.25) is 4.79 Å². The summed E-state index contributed by atoms with van der Waals surface area (Å²) in [6, 6.07) is 7.97. The predicted octanol–water partition coefficient (Wildman–Crippen LogP) is 3.14. The monoisotopic (exact) mass is 366 g/mol. The van der Waals surface area contributed by atoms with E-state index in [1.165, 1.54) is 11.8 Å². The van der Waals surface area contributed by atoms with E-state index in [-0.39, 0.29) is 5.91 Å². The van der Waals surface area contributed by atoms with Gasteiger partial charge in [0.15, 0.2) is 5.17 Å². The Hall–Kier alpha value is -1.11. The smallest absolute Gasteiger partial charge is 0.286 e. The third-order valence-corrected chi connectivity index (χ3v) is 5.23. The summed E-state index contributed by atoms with van der Waals surface area (Å²) < 4.78 is 6.36. The topological polar surface area (TPSA) is 41.9 Å². The molecule has 2 aliphatic rings. The van der Waals surface area contributed by atoms with Crippen LogP contribution >= 0.6 is 27.7 Å². The van der Waals surface area contributed by atoms with E-state index < -0.39 is 0 Å². The minimum atomic E-state index is -0.137. The molecule has 6 heteroatoms. The van der Waals surface area contributed by atoms with Gasteiger partial charge in [-0.1, -0.05) is 28.1 Å². The molecular formula is C15H15BrN2O2S. The Morgan fingerprint density at radius 1 is 1.29 bits per heavy atom. The first-order valence-electron chi connectivity index (χ1n) is 6.75. The second-order valence-corrected chi connectivity index (χ2v) is 6.76. The number of carbonyl (C=O) groups is 1. The minimum absolute atomic E-state index is 0.137. The average molecular weight is 367 g/mol. The molecule has 1 aromatic rings. The number of morpholine rings is 1. The number of hydrogen-bond donors (Lipinski definition) is 0. The molecule has 0 bridgehead atoms. The maximum Gasteiger partial charge on any atom is 0.286 e. The van der Waals surface area contributed by atoms with Crippen LogP contribution in [-0.2, 0) is 9.53 Å². The van der Waals surface area contributed by atoms with E-state index in [0.29, 0.717) is 13.2 Å². The Morgan fingerprint density at radius 3 is 2.62 bits per heavy atom. The molecular weight excluding hydrogens is 352 g/mol. The fraction of sp³-hybridized carbons (Fsp3) is 0.333. The Labute approximate surface area is 136 Å². The summed E-state index contributed by atoms with van der Waals surface area (Å²) in [6.45, 7) is 4.95. The largest absolute Gasteiger partial charge is 0.378 e. The first-order chi connectivity index (χ1) is 10.1. The van der Waals surface area contributed by atoms with Crippen LogP contribution in [0.25, 0.3) is 5.57 Å². The zero-order chi connectivity index (χ0) is 14.8. The van der Waals surface area contributed by atoms with Gasteiger partial charge in [-0.05, 0) is 42.0 Å². The fourth-order valence-electron chi connectivity index (χ4n) is 2.25. The molecule has 4 nitrogen and oxygen atoms in total. The van der Waals surface area contributed by atoms with Crippen molar-refractivity contribution in [3.63, 3.8) is 0 Å². The van der Waals surface area contributed by atoms with Gasteiger partial charge in [0, 0.05) is 17.6 Å². The van der Waals surface area contributed by atoms with E-state index in [0.717, 1.165) is 38.8 Å². The van der Waals surface area contributed by atoms with E-state index >= 15 is 0 Å². The predicted molar refractivity (Wildman–Crippen MR) is 89.2 cm³/mol. The van der Waals surface area contributed by atoms with Gasteiger partial charge in [0.2, 0.25) is 0 Å². The number of rotatable bonds is 1. The van der Waals surface area contributed by atoms with Crippen LogP contribution in [0.2, 0.25) is 0 Å². The highest BCUT2D eigenvalue weighted by Gasteiger charge is 2.28.